The zero-order valence-corrected chi connectivity index (χ0v) is 11.5. The molecular weight excluding hydrogens is 257 g/mol. The minimum Gasteiger partial charge on any atom is -0.325 e. The number of amides is 1. The predicted octanol–water partition coefficient (Wildman–Crippen LogP) is 4.39. The largest absolute Gasteiger partial charge is 0.325 e. The second kappa shape index (κ2) is 4.51. The second-order valence-corrected chi connectivity index (χ2v) is 5.27. The van der Waals surface area contributed by atoms with Gasteiger partial charge in [0.1, 0.15) is 0 Å². The molecule has 1 aromatic rings. The van der Waals surface area contributed by atoms with Gasteiger partial charge in [0.2, 0.25) is 5.91 Å². The highest BCUT2D eigenvalue weighted by Crippen LogP contribution is 2.46. The molecule has 0 aromatic heterocycles. The monoisotopic (exact) mass is 271 g/mol. The summed E-state index contributed by atoms with van der Waals surface area (Å²) >= 11 is 12.0. The number of fused-ring (bicyclic) bond motifs is 1. The van der Waals surface area contributed by atoms with E-state index >= 15 is 0 Å². The van der Waals surface area contributed by atoms with Crippen LogP contribution in [-0.2, 0) is 10.2 Å². The van der Waals surface area contributed by atoms with E-state index in [0.717, 1.165) is 30.5 Å². The molecule has 0 unspecified atom stereocenters. The van der Waals surface area contributed by atoms with Gasteiger partial charge in [-0.15, -0.1) is 0 Å². The molecule has 0 fully saturated rings. The fraction of sp³-hybridized carbons (Fsp3) is 0.462. The third-order valence-electron chi connectivity index (χ3n) is 3.54. The molecule has 1 aromatic carbocycles. The Labute approximate surface area is 111 Å². The molecule has 1 atom stereocenters. The van der Waals surface area contributed by atoms with Gasteiger partial charge in [-0.05, 0) is 30.5 Å². The Hall–Kier alpha value is -0.730. The van der Waals surface area contributed by atoms with Crippen LogP contribution < -0.4 is 5.32 Å². The molecule has 1 heterocycles. The number of carbonyl (C=O) groups is 1. The maximum atomic E-state index is 12.2. The van der Waals surface area contributed by atoms with Crippen molar-refractivity contribution in [3.8, 4) is 0 Å². The molecule has 92 valence electrons. The van der Waals surface area contributed by atoms with Gasteiger partial charge in [0.05, 0.1) is 15.5 Å². The van der Waals surface area contributed by atoms with E-state index in [1.54, 1.807) is 6.07 Å². The van der Waals surface area contributed by atoms with Crippen LogP contribution in [0, 0.1) is 0 Å². The highest BCUT2D eigenvalue weighted by atomic mass is 35.5. The topological polar surface area (TPSA) is 29.1 Å². The van der Waals surface area contributed by atoms with Gasteiger partial charge in [-0.2, -0.15) is 0 Å². The first-order valence-corrected chi connectivity index (χ1v) is 6.61. The molecule has 1 aliphatic heterocycles. The van der Waals surface area contributed by atoms with Gasteiger partial charge in [0.25, 0.3) is 0 Å². The zero-order valence-electron chi connectivity index (χ0n) is 9.94. The molecule has 17 heavy (non-hydrogen) atoms. The van der Waals surface area contributed by atoms with E-state index in [1.807, 2.05) is 13.0 Å². The van der Waals surface area contributed by atoms with Crippen LogP contribution in [0.4, 0.5) is 5.69 Å². The first-order valence-electron chi connectivity index (χ1n) is 5.86. The summed E-state index contributed by atoms with van der Waals surface area (Å²) in [4.78, 5) is 12.2. The van der Waals surface area contributed by atoms with Crippen molar-refractivity contribution in [1.29, 1.82) is 0 Å². The minimum absolute atomic E-state index is 0.0650. The molecule has 1 aliphatic rings. The van der Waals surface area contributed by atoms with Crippen LogP contribution in [0.5, 0.6) is 0 Å². The van der Waals surface area contributed by atoms with Crippen LogP contribution in [0.25, 0.3) is 0 Å². The lowest BCUT2D eigenvalue weighted by molar-refractivity contribution is -0.121. The molecular formula is C13H15Cl2NO. The summed E-state index contributed by atoms with van der Waals surface area (Å²) in [5.74, 6) is 0.0650. The number of carbonyl (C=O) groups excluding carboxylic acids is 1. The van der Waals surface area contributed by atoms with Crippen molar-refractivity contribution in [2.45, 2.75) is 38.5 Å². The van der Waals surface area contributed by atoms with Crippen molar-refractivity contribution in [3.05, 3.63) is 27.7 Å². The van der Waals surface area contributed by atoms with E-state index in [4.69, 9.17) is 23.2 Å². The van der Waals surface area contributed by atoms with Gasteiger partial charge in [0.15, 0.2) is 0 Å². The number of nitrogens with one attached hydrogen (secondary N) is 1. The summed E-state index contributed by atoms with van der Waals surface area (Å²) in [6.45, 7) is 4.12. The summed E-state index contributed by atoms with van der Waals surface area (Å²) in [7, 11) is 0. The average Bonchev–Trinajstić information content (AvgIpc) is 2.54. The van der Waals surface area contributed by atoms with Crippen LogP contribution >= 0.6 is 23.2 Å². The summed E-state index contributed by atoms with van der Waals surface area (Å²) in [5, 5.41) is 3.90. The summed E-state index contributed by atoms with van der Waals surface area (Å²) in [5.41, 5.74) is 1.36. The smallest absolute Gasteiger partial charge is 0.235 e. The molecule has 0 aliphatic carbocycles. The van der Waals surface area contributed by atoms with Gasteiger partial charge in [-0.1, -0.05) is 43.5 Å². The summed E-state index contributed by atoms with van der Waals surface area (Å²) < 4.78 is 0. The standard InChI is InChI=1S/C13H15Cl2NO/c1-3-5-13(4-2)8-6-9(14)10(15)7-11(8)16-12(13)17/h6-7H,3-5H2,1-2H3,(H,16,17)/t13-/m0/s1. The Kier molecular flexibility index (Phi) is 3.37. The Morgan fingerprint density at radius 3 is 2.47 bits per heavy atom. The summed E-state index contributed by atoms with van der Waals surface area (Å²) in [6, 6.07) is 3.57. The molecule has 2 nitrogen and oxygen atoms in total. The lowest BCUT2D eigenvalue weighted by Crippen LogP contribution is -2.33. The molecule has 0 spiro atoms. The van der Waals surface area contributed by atoms with Crippen LogP contribution in [0.15, 0.2) is 12.1 Å². The molecule has 1 amide bonds. The molecule has 1 N–H and O–H groups in total. The van der Waals surface area contributed by atoms with Crippen molar-refractivity contribution < 1.29 is 4.79 Å². The highest BCUT2D eigenvalue weighted by Gasteiger charge is 2.44. The number of hydrogen-bond acceptors (Lipinski definition) is 1. The fourth-order valence-corrected chi connectivity index (χ4v) is 2.94. The van der Waals surface area contributed by atoms with Crippen LogP contribution in [-0.4, -0.2) is 5.91 Å². The molecule has 0 saturated carbocycles. The van der Waals surface area contributed by atoms with E-state index < -0.39 is 5.41 Å². The van der Waals surface area contributed by atoms with Gasteiger partial charge < -0.3 is 5.32 Å². The maximum Gasteiger partial charge on any atom is 0.235 e. The number of benzene rings is 1. The highest BCUT2D eigenvalue weighted by molar-refractivity contribution is 6.42. The second-order valence-electron chi connectivity index (χ2n) is 4.45. The van der Waals surface area contributed by atoms with E-state index in [1.165, 1.54) is 0 Å². The molecule has 4 heteroatoms. The number of anilines is 1. The van der Waals surface area contributed by atoms with Crippen molar-refractivity contribution in [2.24, 2.45) is 0 Å². The van der Waals surface area contributed by atoms with Crippen molar-refractivity contribution in [1.82, 2.24) is 0 Å². The van der Waals surface area contributed by atoms with E-state index in [0.29, 0.717) is 10.0 Å². The average molecular weight is 272 g/mol. The number of hydrogen-bond donors (Lipinski definition) is 1. The fourth-order valence-electron chi connectivity index (χ4n) is 2.61. The van der Waals surface area contributed by atoms with Crippen molar-refractivity contribution >= 4 is 34.8 Å². The van der Waals surface area contributed by atoms with Crippen LogP contribution in [0.3, 0.4) is 0 Å². The first-order chi connectivity index (χ1) is 8.05. The van der Waals surface area contributed by atoms with E-state index in [2.05, 4.69) is 12.2 Å². The number of halogens is 2. The SMILES string of the molecule is CCC[C@]1(CC)C(=O)Nc2cc(Cl)c(Cl)cc21. The third-order valence-corrected chi connectivity index (χ3v) is 4.26. The normalized spacial score (nSPS) is 22.5. The van der Waals surface area contributed by atoms with Gasteiger partial charge in [0, 0.05) is 5.69 Å². The Bertz CT molecular complexity index is 473. The quantitative estimate of drug-likeness (QED) is 0.868. The summed E-state index contributed by atoms with van der Waals surface area (Å²) in [6.07, 6.45) is 2.57. The van der Waals surface area contributed by atoms with E-state index in [9.17, 15) is 4.79 Å². The molecule has 0 radical (unpaired) electrons. The lowest BCUT2D eigenvalue weighted by Gasteiger charge is -2.25. The third kappa shape index (κ3) is 1.84. The lowest BCUT2D eigenvalue weighted by atomic mass is 9.76. The Balaban J connectivity index is 2.59. The van der Waals surface area contributed by atoms with Gasteiger partial charge >= 0.3 is 0 Å². The van der Waals surface area contributed by atoms with Crippen molar-refractivity contribution in [3.63, 3.8) is 0 Å². The van der Waals surface area contributed by atoms with Crippen molar-refractivity contribution in [2.75, 3.05) is 5.32 Å². The van der Waals surface area contributed by atoms with Gasteiger partial charge in [-0.25, -0.2) is 0 Å². The minimum atomic E-state index is -0.432. The van der Waals surface area contributed by atoms with Gasteiger partial charge in [-0.3, -0.25) is 4.79 Å². The number of rotatable bonds is 3. The van der Waals surface area contributed by atoms with E-state index in [-0.39, 0.29) is 5.91 Å². The predicted molar refractivity (Wildman–Crippen MR) is 72.0 cm³/mol. The maximum absolute atomic E-state index is 12.2. The molecule has 2 rings (SSSR count). The molecule has 0 bridgehead atoms. The zero-order chi connectivity index (χ0) is 12.6. The first kappa shape index (κ1) is 12.7. The Morgan fingerprint density at radius 1 is 1.24 bits per heavy atom. The van der Waals surface area contributed by atoms with Crippen LogP contribution in [0.1, 0.15) is 38.7 Å². The Morgan fingerprint density at radius 2 is 1.88 bits per heavy atom. The molecule has 0 saturated heterocycles. The van der Waals surface area contributed by atoms with Crippen LogP contribution in [0.2, 0.25) is 10.0 Å².